The standard InChI is InChI=1S/C24H25F6N3O3/c25-23(26,27)17-5-3-4-16(12-17)22(35)32-14-21(34)33-20-7-2-1-6-19(20)31-13-15-8-10-18(11-9-15)36-24(28,29)30/h3-5,8-12,19-20,31H,1-2,6-7,13-14H2,(H,32,35)(H,33,34)/t19-,20+/m1/s1. The molecule has 3 rings (SSSR count). The van der Waals surface area contributed by atoms with Gasteiger partial charge in [0.25, 0.3) is 5.91 Å². The molecule has 2 aromatic carbocycles. The number of carbonyl (C=O) groups excluding carboxylic acids is 2. The number of benzene rings is 2. The van der Waals surface area contributed by atoms with Crippen molar-refractivity contribution in [1.29, 1.82) is 0 Å². The van der Waals surface area contributed by atoms with Crippen molar-refractivity contribution in [2.75, 3.05) is 6.54 Å². The molecule has 1 saturated carbocycles. The first-order valence-corrected chi connectivity index (χ1v) is 11.2. The minimum Gasteiger partial charge on any atom is -0.406 e. The molecule has 0 unspecified atom stereocenters. The largest absolute Gasteiger partial charge is 0.573 e. The van der Waals surface area contributed by atoms with E-state index in [9.17, 15) is 35.9 Å². The second-order valence-electron chi connectivity index (χ2n) is 8.40. The minimum atomic E-state index is -4.76. The normalized spacial score (nSPS) is 18.4. The minimum absolute atomic E-state index is 0.104. The molecule has 12 heteroatoms. The van der Waals surface area contributed by atoms with Crippen LogP contribution in [0.2, 0.25) is 0 Å². The van der Waals surface area contributed by atoms with Gasteiger partial charge in [-0.15, -0.1) is 13.2 Å². The van der Waals surface area contributed by atoms with Crippen LogP contribution < -0.4 is 20.7 Å². The highest BCUT2D eigenvalue weighted by Gasteiger charge is 2.32. The van der Waals surface area contributed by atoms with Crippen molar-refractivity contribution in [3.63, 3.8) is 0 Å². The third kappa shape index (κ3) is 8.43. The predicted octanol–water partition coefficient (Wildman–Crippen LogP) is 4.55. The lowest BCUT2D eigenvalue weighted by atomic mass is 9.90. The molecule has 1 aliphatic carbocycles. The third-order valence-electron chi connectivity index (χ3n) is 5.70. The average Bonchev–Trinajstić information content (AvgIpc) is 2.81. The average molecular weight is 517 g/mol. The van der Waals surface area contributed by atoms with Crippen molar-refractivity contribution in [3.05, 3.63) is 65.2 Å². The van der Waals surface area contributed by atoms with Gasteiger partial charge in [-0.2, -0.15) is 13.2 Å². The first-order valence-electron chi connectivity index (χ1n) is 11.2. The Balaban J connectivity index is 1.49. The van der Waals surface area contributed by atoms with Gasteiger partial charge in [-0.25, -0.2) is 0 Å². The predicted molar refractivity (Wildman–Crippen MR) is 118 cm³/mol. The smallest absolute Gasteiger partial charge is 0.406 e. The monoisotopic (exact) mass is 517 g/mol. The Morgan fingerprint density at radius 2 is 1.58 bits per heavy atom. The fourth-order valence-electron chi connectivity index (χ4n) is 3.96. The van der Waals surface area contributed by atoms with E-state index in [2.05, 4.69) is 20.7 Å². The summed E-state index contributed by atoms with van der Waals surface area (Å²) in [6.45, 7) is -0.0470. The first-order chi connectivity index (χ1) is 16.9. The van der Waals surface area contributed by atoms with Gasteiger partial charge in [0.15, 0.2) is 0 Å². The van der Waals surface area contributed by atoms with Crippen LogP contribution in [-0.4, -0.2) is 36.8 Å². The Morgan fingerprint density at radius 3 is 2.22 bits per heavy atom. The van der Waals surface area contributed by atoms with Crippen LogP contribution in [0.3, 0.4) is 0 Å². The summed E-state index contributed by atoms with van der Waals surface area (Å²) in [5, 5.41) is 8.47. The molecule has 1 aliphatic rings. The molecule has 0 heterocycles. The van der Waals surface area contributed by atoms with Gasteiger partial charge in [-0.3, -0.25) is 9.59 Å². The number of ether oxygens (including phenoxy) is 1. The Labute approximate surface area is 203 Å². The van der Waals surface area contributed by atoms with E-state index in [1.165, 1.54) is 30.3 Å². The van der Waals surface area contributed by atoms with Crippen molar-refractivity contribution in [1.82, 2.24) is 16.0 Å². The van der Waals surface area contributed by atoms with Crippen LogP contribution in [-0.2, 0) is 17.5 Å². The summed E-state index contributed by atoms with van der Waals surface area (Å²) in [6, 6.07) is 9.02. The third-order valence-corrected chi connectivity index (χ3v) is 5.70. The highest BCUT2D eigenvalue weighted by atomic mass is 19.4. The first kappa shape index (κ1) is 27.3. The molecule has 1 fully saturated rings. The van der Waals surface area contributed by atoms with Crippen LogP contribution in [0.25, 0.3) is 0 Å². The summed E-state index contributed by atoms with van der Waals surface area (Å²) >= 11 is 0. The number of halogens is 6. The van der Waals surface area contributed by atoms with E-state index in [1.807, 2.05) is 0 Å². The summed E-state index contributed by atoms with van der Waals surface area (Å²) < 4.78 is 79.3. The maximum absolute atomic E-state index is 12.8. The summed E-state index contributed by atoms with van der Waals surface area (Å²) in [5.41, 5.74) is -0.437. The molecule has 2 amide bonds. The van der Waals surface area contributed by atoms with Crippen molar-refractivity contribution >= 4 is 11.8 Å². The Morgan fingerprint density at radius 1 is 0.917 bits per heavy atom. The van der Waals surface area contributed by atoms with Crippen molar-refractivity contribution in [2.24, 2.45) is 0 Å². The molecule has 196 valence electrons. The number of amides is 2. The molecule has 2 atom stereocenters. The molecule has 36 heavy (non-hydrogen) atoms. The van der Waals surface area contributed by atoms with E-state index in [4.69, 9.17) is 0 Å². The van der Waals surface area contributed by atoms with Crippen LogP contribution in [0.15, 0.2) is 48.5 Å². The maximum Gasteiger partial charge on any atom is 0.573 e. The van der Waals surface area contributed by atoms with Gasteiger partial charge in [0.05, 0.1) is 12.1 Å². The molecule has 0 radical (unpaired) electrons. The molecule has 0 aromatic heterocycles. The van der Waals surface area contributed by atoms with Gasteiger partial charge in [0, 0.05) is 24.2 Å². The van der Waals surface area contributed by atoms with Crippen LogP contribution in [0.5, 0.6) is 5.75 Å². The van der Waals surface area contributed by atoms with Crippen LogP contribution in [0.4, 0.5) is 26.3 Å². The van der Waals surface area contributed by atoms with E-state index in [0.717, 1.165) is 43.0 Å². The zero-order chi connectivity index (χ0) is 26.3. The van der Waals surface area contributed by atoms with Crippen LogP contribution in [0, 0.1) is 0 Å². The zero-order valence-corrected chi connectivity index (χ0v) is 19.0. The van der Waals surface area contributed by atoms with Gasteiger partial charge in [0.1, 0.15) is 5.75 Å². The van der Waals surface area contributed by atoms with E-state index in [1.54, 1.807) is 0 Å². The van der Waals surface area contributed by atoms with E-state index in [-0.39, 0.29) is 23.4 Å². The molecular formula is C24H25F6N3O3. The van der Waals surface area contributed by atoms with Crippen molar-refractivity contribution in [2.45, 2.75) is 56.9 Å². The Hall–Kier alpha value is -3.28. The lowest BCUT2D eigenvalue weighted by Crippen LogP contribution is -2.53. The van der Waals surface area contributed by atoms with Crippen LogP contribution >= 0.6 is 0 Å². The summed E-state index contributed by atoms with van der Waals surface area (Å²) in [5.74, 6) is -1.60. The topological polar surface area (TPSA) is 79.5 Å². The van der Waals surface area contributed by atoms with Gasteiger partial charge < -0.3 is 20.7 Å². The molecular weight excluding hydrogens is 492 g/mol. The number of alkyl halides is 6. The lowest BCUT2D eigenvalue weighted by molar-refractivity contribution is -0.274. The summed E-state index contributed by atoms with van der Waals surface area (Å²) in [4.78, 5) is 24.6. The summed E-state index contributed by atoms with van der Waals surface area (Å²) in [7, 11) is 0. The van der Waals surface area contributed by atoms with Crippen molar-refractivity contribution in [3.8, 4) is 5.75 Å². The Kier molecular flexibility index (Phi) is 8.83. The number of carbonyl (C=O) groups is 2. The molecule has 0 bridgehead atoms. The molecule has 3 N–H and O–H groups in total. The van der Waals surface area contributed by atoms with Gasteiger partial charge in [0.2, 0.25) is 5.91 Å². The fourth-order valence-corrected chi connectivity index (χ4v) is 3.96. The van der Waals surface area contributed by atoms with Crippen molar-refractivity contribution < 1.29 is 40.7 Å². The fraction of sp³-hybridized carbons (Fsp3) is 0.417. The zero-order valence-electron chi connectivity index (χ0n) is 19.0. The SMILES string of the molecule is O=C(CNC(=O)c1cccc(C(F)(F)F)c1)N[C@H]1CCCC[C@H]1NCc1ccc(OC(F)(F)F)cc1. The highest BCUT2D eigenvalue weighted by molar-refractivity contribution is 5.96. The van der Waals surface area contributed by atoms with E-state index in [0.29, 0.717) is 13.0 Å². The van der Waals surface area contributed by atoms with E-state index < -0.39 is 36.5 Å². The number of hydrogen-bond donors (Lipinski definition) is 3. The second kappa shape index (κ2) is 11.6. The van der Waals surface area contributed by atoms with E-state index >= 15 is 0 Å². The van der Waals surface area contributed by atoms with Gasteiger partial charge in [-0.1, -0.05) is 31.0 Å². The molecule has 0 aliphatic heterocycles. The van der Waals surface area contributed by atoms with Gasteiger partial charge in [-0.05, 0) is 48.7 Å². The quantitative estimate of drug-likeness (QED) is 0.449. The second-order valence-corrected chi connectivity index (χ2v) is 8.40. The maximum atomic E-state index is 12.8. The molecule has 2 aromatic rings. The summed E-state index contributed by atoms with van der Waals surface area (Å²) in [6.07, 6.45) is -6.10. The number of hydrogen-bond acceptors (Lipinski definition) is 4. The van der Waals surface area contributed by atoms with Crippen LogP contribution in [0.1, 0.15) is 47.2 Å². The molecule has 0 saturated heterocycles. The Bertz CT molecular complexity index is 1040. The number of nitrogens with one attached hydrogen (secondary N) is 3. The van der Waals surface area contributed by atoms with Gasteiger partial charge >= 0.3 is 12.5 Å². The molecule has 6 nitrogen and oxygen atoms in total. The highest BCUT2D eigenvalue weighted by Crippen LogP contribution is 2.29. The molecule has 0 spiro atoms. The number of rotatable bonds is 8. The lowest BCUT2D eigenvalue weighted by Gasteiger charge is -2.33.